The molecule has 0 spiro atoms. The summed E-state index contributed by atoms with van der Waals surface area (Å²) in [4.78, 5) is 2.58. The van der Waals surface area contributed by atoms with E-state index in [9.17, 15) is 0 Å². The van der Waals surface area contributed by atoms with Crippen molar-refractivity contribution in [2.75, 3.05) is 6.54 Å². The molecule has 0 amide bonds. The van der Waals surface area contributed by atoms with Crippen molar-refractivity contribution < 1.29 is 0 Å². The van der Waals surface area contributed by atoms with Gasteiger partial charge >= 0.3 is 0 Å². The number of benzene rings is 1. The molecule has 18 heavy (non-hydrogen) atoms. The van der Waals surface area contributed by atoms with Crippen LogP contribution >= 0.6 is 0 Å². The Bertz CT molecular complexity index is 423. The first kappa shape index (κ1) is 12.2. The van der Waals surface area contributed by atoms with Gasteiger partial charge in [0, 0.05) is 18.6 Å². The molecule has 2 heteroatoms. The molecule has 2 N–H and O–H groups in total. The summed E-state index contributed by atoms with van der Waals surface area (Å²) in [6, 6.07) is 10.3. The molecule has 1 aliphatic heterocycles. The van der Waals surface area contributed by atoms with Crippen molar-refractivity contribution in [2.24, 2.45) is 5.73 Å². The third kappa shape index (κ3) is 2.08. The quantitative estimate of drug-likeness (QED) is 0.885. The van der Waals surface area contributed by atoms with Crippen molar-refractivity contribution in [2.45, 2.75) is 57.2 Å². The van der Waals surface area contributed by atoms with Crippen LogP contribution in [0.2, 0.25) is 0 Å². The van der Waals surface area contributed by atoms with E-state index in [0.29, 0.717) is 18.1 Å². The molecule has 3 rings (SSSR count). The lowest BCUT2D eigenvalue weighted by atomic mass is 9.93. The topological polar surface area (TPSA) is 29.3 Å². The Morgan fingerprint density at radius 3 is 2.39 bits per heavy atom. The van der Waals surface area contributed by atoms with E-state index in [1.165, 1.54) is 18.4 Å². The minimum atomic E-state index is 0.298. The molecule has 0 bridgehead atoms. The molecule has 2 unspecified atom stereocenters. The van der Waals surface area contributed by atoms with Crippen molar-refractivity contribution in [1.29, 1.82) is 0 Å². The van der Waals surface area contributed by atoms with Crippen molar-refractivity contribution in [3.8, 4) is 0 Å². The van der Waals surface area contributed by atoms with Crippen LogP contribution in [0.25, 0.3) is 0 Å². The molecule has 1 aromatic carbocycles. The Kier molecular flexibility index (Phi) is 3.16. The number of likely N-dealkylation sites (tertiary alicyclic amines) is 1. The van der Waals surface area contributed by atoms with Gasteiger partial charge in [0.1, 0.15) is 0 Å². The zero-order valence-corrected chi connectivity index (χ0v) is 11.5. The first-order valence-corrected chi connectivity index (χ1v) is 7.28. The highest BCUT2D eigenvalue weighted by Gasteiger charge is 2.37. The molecule has 0 radical (unpaired) electrons. The number of hydrogen-bond acceptors (Lipinski definition) is 2. The Labute approximate surface area is 110 Å². The highest BCUT2D eigenvalue weighted by Crippen LogP contribution is 2.45. The predicted molar refractivity (Wildman–Crippen MR) is 75.6 cm³/mol. The fourth-order valence-electron chi connectivity index (χ4n) is 3.38. The van der Waals surface area contributed by atoms with Gasteiger partial charge in [0.15, 0.2) is 0 Å². The number of hydrogen-bond donors (Lipinski definition) is 1. The van der Waals surface area contributed by atoms with Crippen molar-refractivity contribution in [3.05, 3.63) is 35.4 Å². The van der Waals surface area contributed by atoms with Gasteiger partial charge in [-0.05, 0) is 50.2 Å². The minimum Gasteiger partial charge on any atom is -0.326 e. The molecule has 1 saturated heterocycles. The first-order chi connectivity index (χ1) is 8.68. The largest absolute Gasteiger partial charge is 0.326 e. The van der Waals surface area contributed by atoms with Crippen molar-refractivity contribution in [3.63, 3.8) is 0 Å². The third-order valence-corrected chi connectivity index (χ3v) is 4.48. The zero-order valence-electron chi connectivity index (χ0n) is 11.5. The highest BCUT2D eigenvalue weighted by molar-refractivity contribution is 5.37. The second-order valence-corrected chi connectivity index (χ2v) is 6.13. The number of rotatable bonds is 3. The van der Waals surface area contributed by atoms with Crippen LogP contribution in [0.1, 0.15) is 56.2 Å². The van der Waals surface area contributed by atoms with Crippen LogP contribution in [-0.4, -0.2) is 23.5 Å². The van der Waals surface area contributed by atoms with E-state index >= 15 is 0 Å². The zero-order chi connectivity index (χ0) is 12.7. The van der Waals surface area contributed by atoms with Crippen LogP contribution in [0.5, 0.6) is 0 Å². The molecule has 0 aromatic heterocycles. The van der Waals surface area contributed by atoms with Gasteiger partial charge in [-0.1, -0.05) is 24.3 Å². The summed E-state index contributed by atoms with van der Waals surface area (Å²) in [5.41, 5.74) is 9.45. The molecule has 2 fully saturated rings. The van der Waals surface area contributed by atoms with Gasteiger partial charge in [-0.25, -0.2) is 0 Å². The van der Waals surface area contributed by atoms with E-state index in [-0.39, 0.29) is 0 Å². The molecule has 98 valence electrons. The summed E-state index contributed by atoms with van der Waals surface area (Å²) in [6.45, 7) is 5.71. The second kappa shape index (κ2) is 4.67. The van der Waals surface area contributed by atoms with E-state index < -0.39 is 0 Å². The third-order valence-electron chi connectivity index (χ3n) is 4.48. The summed E-state index contributed by atoms with van der Waals surface area (Å²) >= 11 is 0. The Morgan fingerprint density at radius 1 is 1.11 bits per heavy atom. The summed E-state index contributed by atoms with van der Waals surface area (Å²) in [5, 5.41) is 0. The summed E-state index contributed by atoms with van der Waals surface area (Å²) in [7, 11) is 0. The Morgan fingerprint density at radius 2 is 1.78 bits per heavy atom. The predicted octanol–water partition coefficient (Wildman–Crippen LogP) is 3.05. The molecule has 1 heterocycles. The fourth-order valence-corrected chi connectivity index (χ4v) is 3.38. The Balaban J connectivity index is 1.97. The summed E-state index contributed by atoms with van der Waals surface area (Å²) < 4.78 is 0. The van der Waals surface area contributed by atoms with Crippen LogP contribution in [0.3, 0.4) is 0 Å². The maximum absolute atomic E-state index is 6.39. The van der Waals surface area contributed by atoms with E-state index in [0.717, 1.165) is 18.9 Å². The minimum absolute atomic E-state index is 0.298. The molecule has 1 aromatic rings. The monoisotopic (exact) mass is 244 g/mol. The van der Waals surface area contributed by atoms with Crippen LogP contribution < -0.4 is 5.73 Å². The summed E-state index contributed by atoms with van der Waals surface area (Å²) in [5.74, 6) is 0.808. The molecule has 1 aliphatic carbocycles. The molecule has 2 nitrogen and oxygen atoms in total. The van der Waals surface area contributed by atoms with Crippen molar-refractivity contribution >= 4 is 0 Å². The normalized spacial score (nSPS) is 29.1. The van der Waals surface area contributed by atoms with E-state index in [4.69, 9.17) is 5.73 Å². The maximum Gasteiger partial charge on any atom is 0.0505 e. The molecule has 2 atom stereocenters. The Hall–Kier alpha value is -0.860. The van der Waals surface area contributed by atoms with E-state index in [2.05, 4.69) is 43.0 Å². The van der Waals surface area contributed by atoms with Crippen LogP contribution in [-0.2, 0) is 0 Å². The fraction of sp³-hybridized carbons (Fsp3) is 0.625. The van der Waals surface area contributed by atoms with Crippen molar-refractivity contribution in [1.82, 2.24) is 4.90 Å². The molecule has 2 aliphatic rings. The average molecular weight is 244 g/mol. The lowest BCUT2D eigenvalue weighted by Gasteiger charge is -2.32. The molecular weight excluding hydrogens is 220 g/mol. The standard InChI is InChI=1S/C16H24N2/c1-11(2)18-10-9-15(17)16(18)14-6-4-3-5-13(14)12-7-8-12/h3-6,11-12,15-16H,7-10,17H2,1-2H3. The van der Waals surface area contributed by atoms with Gasteiger partial charge in [-0.3, -0.25) is 4.90 Å². The molecular formula is C16H24N2. The SMILES string of the molecule is CC(C)N1CCC(N)C1c1ccccc1C1CC1. The van der Waals surface area contributed by atoms with Gasteiger partial charge in [0.2, 0.25) is 0 Å². The van der Waals surface area contributed by atoms with Crippen LogP contribution in [0.15, 0.2) is 24.3 Å². The van der Waals surface area contributed by atoms with Gasteiger partial charge < -0.3 is 5.73 Å². The smallest absolute Gasteiger partial charge is 0.0505 e. The van der Waals surface area contributed by atoms with Gasteiger partial charge in [-0.2, -0.15) is 0 Å². The van der Waals surface area contributed by atoms with E-state index in [1.807, 2.05) is 0 Å². The highest BCUT2D eigenvalue weighted by atomic mass is 15.2. The van der Waals surface area contributed by atoms with Gasteiger partial charge in [0.05, 0.1) is 6.04 Å². The molecule has 1 saturated carbocycles. The number of nitrogens with two attached hydrogens (primary N) is 1. The average Bonchev–Trinajstić information content (AvgIpc) is 3.12. The second-order valence-electron chi connectivity index (χ2n) is 6.13. The maximum atomic E-state index is 6.39. The number of nitrogens with zero attached hydrogens (tertiary/aromatic N) is 1. The summed E-state index contributed by atoms with van der Waals surface area (Å²) in [6.07, 6.45) is 3.85. The first-order valence-electron chi connectivity index (χ1n) is 7.28. The lowest BCUT2D eigenvalue weighted by Crippen LogP contribution is -2.36. The van der Waals surface area contributed by atoms with Gasteiger partial charge in [-0.15, -0.1) is 0 Å². The van der Waals surface area contributed by atoms with Crippen LogP contribution in [0, 0.1) is 0 Å². The van der Waals surface area contributed by atoms with Crippen LogP contribution in [0.4, 0.5) is 0 Å². The van der Waals surface area contributed by atoms with E-state index in [1.54, 1.807) is 5.56 Å². The lowest BCUT2D eigenvalue weighted by molar-refractivity contribution is 0.197. The van der Waals surface area contributed by atoms with Gasteiger partial charge in [0.25, 0.3) is 0 Å².